The molecule has 0 unspecified atom stereocenters. The Kier molecular flexibility index (Phi) is 34.0. The Labute approximate surface area is 499 Å². The second kappa shape index (κ2) is 37.9. The predicted molar refractivity (Wildman–Crippen MR) is 333 cm³/mol. The van der Waals surface area contributed by atoms with Crippen LogP contribution in [-0.2, 0) is 41.3 Å². The molecule has 0 radical (unpaired) electrons. The minimum absolute atomic E-state index is 0.00237. The summed E-state index contributed by atoms with van der Waals surface area (Å²) in [6.45, 7) is 32.0. The van der Waals surface area contributed by atoms with Crippen LogP contribution in [0.15, 0.2) is 18.5 Å². The van der Waals surface area contributed by atoms with Crippen LogP contribution >= 0.6 is 22.8 Å². The third kappa shape index (κ3) is 30.6. The number of nitrogens with one attached hydrogen (secondary N) is 1. The van der Waals surface area contributed by atoms with E-state index >= 15 is 0 Å². The molecule has 1 aromatic carbocycles. The second-order valence-electron chi connectivity index (χ2n) is 24.6. The standard InChI is InChI=1S/C18H26N3O3P.C17H34NO5P.C13H25NO3.C12H26NO3P/c1-13-10-16-17(11-14(13)2)19-12-20-18(16)21-7-5-15(6-8-21)4-3-9-25(22,23)24;1-6-21-24(20,22-7-2)14-8-9-15-10-12-18(13-11-15)16(19)23-17(3,4)5;1-13(2,3)17-12(16)14-8-6-11(7-9-14)5-4-10-15;1-3-15-17(14,16-4-2)11-5-6-12-7-9-13-10-8-12/h10-12,15H,3-9H2,1-2H3,(H2,22,23,24);15H,6-14H2,1-5H3;11,15H,4-10H2,1-3H3;12-13H,3-11H2,1-2H3. The van der Waals surface area contributed by atoms with Gasteiger partial charge in [-0.1, -0.05) is 0 Å². The highest BCUT2D eigenvalue weighted by atomic mass is 31.2. The number of carbonyl (C=O) groups excluding carboxylic acids is 2. The average molecular weight is 1230 g/mol. The minimum Gasteiger partial charge on any atom is -0.444 e. The van der Waals surface area contributed by atoms with E-state index in [1.165, 1.54) is 24.0 Å². The Morgan fingerprint density at radius 3 is 1.33 bits per heavy atom. The first-order valence-electron chi connectivity index (χ1n) is 31.2. The van der Waals surface area contributed by atoms with E-state index in [1.807, 2.05) is 69.2 Å². The van der Waals surface area contributed by atoms with Crippen LogP contribution in [0.25, 0.3) is 10.9 Å². The molecule has 0 bridgehead atoms. The van der Waals surface area contributed by atoms with Crippen molar-refractivity contribution in [3.63, 3.8) is 0 Å². The second-order valence-corrected chi connectivity index (χ2v) is 30.8. The van der Waals surface area contributed by atoms with E-state index in [9.17, 15) is 23.3 Å². The van der Waals surface area contributed by atoms with Crippen LogP contribution in [0.3, 0.4) is 0 Å². The van der Waals surface area contributed by atoms with E-state index in [4.69, 9.17) is 42.5 Å². The van der Waals surface area contributed by atoms with Crippen molar-refractivity contribution in [3.05, 3.63) is 29.6 Å². The minimum atomic E-state index is -3.86. The van der Waals surface area contributed by atoms with E-state index in [0.29, 0.717) is 62.9 Å². The van der Waals surface area contributed by atoms with Crippen LogP contribution in [0, 0.1) is 37.5 Å². The number of fused-ring (bicyclic) bond motifs is 1. The predicted octanol–water partition coefficient (Wildman–Crippen LogP) is 13.5. The summed E-state index contributed by atoms with van der Waals surface area (Å²) in [5, 5.41) is 13.2. The molecular formula is C60H111N6O14P3. The van der Waals surface area contributed by atoms with Crippen molar-refractivity contribution in [1.29, 1.82) is 0 Å². The van der Waals surface area contributed by atoms with Gasteiger partial charge >= 0.3 is 35.0 Å². The SMILES string of the molecule is CC(C)(C)OC(=O)N1CCC(CCCO)CC1.CCOP(=O)(CCCC1CCN(C(=O)OC(C)(C)C)CC1)OCC.CCOP(=O)(CCCC1CCNCC1)OCC.Cc1cc2ncnc(N3CCC(CCCP(=O)(O)O)CC3)c2cc1C. The van der Waals surface area contributed by atoms with Gasteiger partial charge in [0.05, 0.1) is 44.3 Å². The van der Waals surface area contributed by atoms with Crippen molar-refractivity contribution in [2.75, 3.05) is 109 Å². The van der Waals surface area contributed by atoms with E-state index in [2.05, 4.69) is 46.2 Å². The zero-order valence-electron chi connectivity index (χ0n) is 53.1. The highest BCUT2D eigenvalue weighted by molar-refractivity contribution is 7.54. The molecule has 0 saturated carbocycles. The van der Waals surface area contributed by atoms with Gasteiger partial charge in [-0.25, -0.2) is 19.6 Å². The number of benzene rings is 1. The number of aliphatic hydroxyl groups excluding tert-OH is 1. The highest BCUT2D eigenvalue weighted by Crippen LogP contribution is 2.50. The molecule has 4 aliphatic rings. The fourth-order valence-corrected chi connectivity index (χ4v) is 14.8. The third-order valence-corrected chi connectivity index (χ3v) is 20.6. The quantitative estimate of drug-likeness (QED) is 0.0713. The number of aryl methyl sites for hydroxylation is 2. The molecule has 4 N–H and O–H groups in total. The van der Waals surface area contributed by atoms with Gasteiger partial charge in [0.1, 0.15) is 23.3 Å². The Balaban J connectivity index is 0.000000295. The lowest BCUT2D eigenvalue weighted by molar-refractivity contribution is 0.0169. The van der Waals surface area contributed by atoms with E-state index in [1.54, 1.807) is 16.1 Å². The summed E-state index contributed by atoms with van der Waals surface area (Å²) >= 11 is 0. The summed E-state index contributed by atoms with van der Waals surface area (Å²) in [7, 11) is -9.58. The molecule has 2 aromatic rings. The summed E-state index contributed by atoms with van der Waals surface area (Å²) in [5.74, 6) is 3.54. The number of anilines is 1. The molecule has 23 heteroatoms. The Bertz CT molecular complexity index is 2280. The number of likely N-dealkylation sites (tertiary alicyclic amines) is 2. The monoisotopic (exact) mass is 1230 g/mol. The largest absolute Gasteiger partial charge is 0.444 e. The van der Waals surface area contributed by atoms with Crippen LogP contribution in [0.4, 0.5) is 15.4 Å². The van der Waals surface area contributed by atoms with Crippen LogP contribution in [0.1, 0.15) is 183 Å². The van der Waals surface area contributed by atoms with Crippen molar-refractivity contribution in [1.82, 2.24) is 25.1 Å². The molecule has 6 rings (SSSR count). The molecule has 1 aromatic heterocycles. The molecule has 0 spiro atoms. The summed E-state index contributed by atoms with van der Waals surface area (Å²) in [4.78, 5) is 56.6. The van der Waals surface area contributed by atoms with Gasteiger partial charge in [-0.2, -0.15) is 0 Å². The molecule has 5 heterocycles. The van der Waals surface area contributed by atoms with Crippen LogP contribution in [-0.4, -0.2) is 162 Å². The number of aliphatic hydroxyl groups is 1. The van der Waals surface area contributed by atoms with Crippen molar-refractivity contribution in [3.8, 4) is 0 Å². The molecule has 83 heavy (non-hydrogen) atoms. The lowest BCUT2D eigenvalue weighted by atomic mass is 9.92. The molecule has 0 aliphatic carbocycles. The smallest absolute Gasteiger partial charge is 0.410 e. The highest BCUT2D eigenvalue weighted by Gasteiger charge is 2.30. The first-order chi connectivity index (χ1) is 39.1. The maximum Gasteiger partial charge on any atom is 0.410 e. The first kappa shape index (κ1) is 74.5. The van der Waals surface area contributed by atoms with Gasteiger partial charge in [0.15, 0.2) is 0 Å². The molecular weight excluding hydrogens is 1120 g/mol. The van der Waals surface area contributed by atoms with Gasteiger partial charge in [0, 0.05) is 57.4 Å². The molecule has 2 amide bonds. The fourth-order valence-electron chi connectivity index (χ4n) is 10.9. The van der Waals surface area contributed by atoms with Gasteiger partial charge in [0.25, 0.3) is 0 Å². The average Bonchev–Trinajstić information content (AvgIpc) is 3.58. The zero-order valence-corrected chi connectivity index (χ0v) is 55.8. The van der Waals surface area contributed by atoms with E-state index < -0.39 is 34.0 Å². The molecule has 4 saturated heterocycles. The number of rotatable bonds is 24. The first-order valence-corrected chi connectivity index (χ1v) is 36.4. The number of hydrogen-bond donors (Lipinski definition) is 4. The molecule has 0 atom stereocenters. The maximum absolute atomic E-state index is 12.4. The third-order valence-electron chi connectivity index (χ3n) is 15.4. The van der Waals surface area contributed by atoms with Crippen molar-refractivity contribution in [2.24, 2.45) is 23.7 Å². The normalized spacial score (nSPS) is 17.5. The number of carbonyl (C=O) groups is 2. The van der Waals surface area contributed by atoms with Crippen LogP contribution < -0.4 is 10.2 Å². The Hall–Kier alpha value is -2.73. The lowest BCUT2D eigenvalue weighted by Gasteiger charge is -2.33. The lowest BCUT2D eigenvalue weighted by Crippen LogP contribution is -2.41. The maximum atomic E-state index is 12.4. The zero-order chi connectivity index (χ0) is 61.7. The summed E-state index contributed by atoms with van der Waals surface area (Å²) < 4.78 is 67.5. The van der Waals surface area contributed by atoms with Crippen molar-refractivity contribution < 1.29 is 65.7 Å². The van der Waals surface area contributed by atoms with E-state index in [0.717, 1.165) is 158 Å². The van der Waals surface area contributed by atoms with Crippen LogP contribution in [0.2, 0.25) is 0 Å². The van der Waals surface area contributed by atoms with Crippen molar-refractivity contribution >= 4 is 51.7 Å². The number of amides is 2. The number of hydrogen-bond acceptors (Lipinski definition) is 16. The molecule has 480 valence electrons. The Morgan fingerprint density at radius 2 is 0.940 bits per heavy atom. The number of aromatic nitrogens is 2. The molecule has 4 aliphatic heterocycles. The molecule has 20 nitrogen and oxygen atoms in total. The van der Waals surface area contributed by atoms with Gasteiger partial charge in [-0.05, 0) is 246 Å². The summed E-state index contributed by atoms with van der Waals surface area (Å²) in [5.41, 5.74) is 2.60. The van der Waals surface area contributed by atoms with Crippen LogP contribution in [0.5, 0.6) is 0 Å². The summed E-state index contributed by atoms with van der Waals surface area (Å²) in [6.07, 6.45) is 18.2. The summed E-state index contributed by atoms with van der Waals surface area (Å²) in [6, 6.07) is 4.29. The van der Waals surface area contributed by atoms with Gasteiger partial charge in [0.2, 0.25) is 0 Å². The van der Waals surface area contributed by atoms with Gasteiger partial charge in [-0.3, -0.25) is 13.7 Å². The van der Waals surface area contributed by atoms with Gasteiger partial charge < -0.3 is 62.5 Å². The number of ether oxygens (including phenoxy) is 2. The molecule has 4 fully saturated rings. The Morgan fingerprint density at radius 1 is 0.566 bits per heavy atom. The van der Waals surface area contributed by atoms with Crippen molar-refractivity contribution in [2.45, 2.75) is 197 Å². The van der Waals surface area contributed by atoms with Gasteiger partial charge in [-0.15, -0.1) is 0 Å². The van der Waals surface area contributed by atoms with E-state index in [-0.39, 0.29) is 25.0 Å². The topological polar surface area (TPSA) is 249 Å². The number of piperidine rings is 4. The number of nitrogens with zero attached hydrogens (tertiary/aromatic N) is 5. The fraction of sp³-hybridized carbons (Fsp3) is 0.833.